The maximum Gasteiger partial charge on any atom is 0.338 e. The largest absolute Gasteiger partial charge is 0.463 e. The van der Waals surface area contributed by atoms with Gasteiger partial charge in [0.1, 0.15) is 24.2 Å². The number of quaternary nitrogens is 1. The molecule has 1 aliphatic rings. The Morgan fingerprint density at radius 1 is 1.35 bits per heavy atom. The summed E-state index contributed by atoms with van der Waals surface area (Å²) in [6.45, 7) is 5.80. The number of esters is 1. The molecule has 2 rings (SSSR count). The van der Waals surface area contributed by atoms with Gasteiger partial charge in [0.05, 0.1) is 23.9 Å². The summed E-state index contributed by atoms with van der Waals surface area (Å²) in [7, 11) is 0. The zero-order valence-corrected chi connectivity index (χ0v) is 15.1. The van der Waals surface area contributed by atoms with Crippen molar-refractivity contribution in [1.82, 2.24) is 10.6 Å². The van der Waals surface area contributed by atoms with Crippen molar-refractivity contribution in [3.8, 4) is 0 Å². The molecule has 6 nitrogen and oxygen atoms in total. The van der Waals surface area contributed by atoms with Crippen molar-refractivity contribution in [2.45, 2.75) is 39.3 Å². The lowest BCUT2D eigenvalue weighted by molar-refractivity contribution is -0.686. The van der Waals surface area contributed by atoms with E-state index in [4.69, 9.17) is 4.74 Å². The van der Waals surface area contributed by atoms with Crippen molar-refractivity contribution in [1.29, 1.82) is 0 Å². The second-order valence-electron chi connectivity index (χ2n) is 6.07. The van der Waals surface area contributed by atoms with Gasteiger partial charge in [-0.1, -0.05) is 6.92 Å². The van der Waals surface area contributed by atoms with Crippen LogP contribution in [0.2, 0.25) is 0 Å². The van der Waals surface area contributed by atoms with Crippen molar-refractivity contribution in [2.24, 2.45) is 0 Å². The third kappa shape index (κ3) is 4.57. The highest BCUT2D eigenvalue weighted by Gasteiger charge is 2.32. The molecule has 4 N–H and O–H groups in total. The molecule has 1 aromatic rings. The average molecular weight is 368 g/mol. The molecule has 0 saturated heterocycles. The number of amides is 2. The number of carbonyl (C=O) groups is 2. The van der Waals surface area contributed by atoms with Crippen molar-refractivity contribution < 1.29 is 28.4 Å². The summed E-state index contributed by atoms with van der Waals surface area (Å²) in [6.07, 6.45) is 0.535. The van der Waals surface area contributed by atoms with E-state index in [0.717, 1.165) is 6.07 Å². The molecule has 2 atom stereocenters. The number of hydrogen-bond acceptors (Lipinski definition) is 3. The van der Waals surface area contributed by atoms with Crippen LogP contribution in [0.5, 0.6) is 0 Å². The first-order valence-electron chi connectivity index (χ1n) is 8.63. The van der Waals surface area contributed by atoms with E-state index in [1.807, 2.05) is 6.92 Å². The summed E-state index contributed by atoms with van der Waals surface area (Å²) in [5.41, 5.74) is 1.15. The van der Waals surface area contributed by atoms with Crippen LogP contribution >= 0.6 is 0 Å². The van der Waals surface area contributed by atoms with Crippen molar-refractivity contribution in [3.63, 3.8) is 0 Å². The summed E-state index contributed by atoms with van der Waals surface area (Å²) >= 11 is 0. The molecule has 0 aliphatic carbocycles. The van der Waals surface area contributed by atoms with Crippen molar-refractivity contribution in [2.75, 3.05) is 13.2 Å². The van der Waals surface area contributed by atoms with Crippen LogP contribution in [0.4, 0.5) is 13.6 Å². The molecule has 0 spiro atoms. The van der Waals surface area contributed by atoms with Gasteiger partial charge < -0.3 is 20.7 Å². The second-order valence-corrected chi connectivity index (χ2v) is 6.07. The van der Waals surface area contributed by atoms with Crippen molar-refractivity contribution in [3.05, 3.63) is 46.7 Å². The number of rotatable bonds is 7. The molecule has 1 heterocycles. The van der Waals surface area contributed by atoms with E-state index in [1.165, 1.54) is 12.1 Å². The van der Waals surface area contributed by atoms with Crippen LogP contribution in [0.3, 0.4) is 0 Å². The lowest BCUT2D eigenvalue weighted by Gasteiger charge is -2.28. The minimum Gasteiger partial charge on any atom is -0.463 e. The minimum atomic E-state index is -0.637. The Morgan fingerprint density at radius 2 is 2.08 bits per heavy atom. The monoisotopic (exact) mass is 368 g/mol. The molecule has 1 aliphatic heterocycles. The van der Waals surface area contributed by atoms with Gasteiger partial charge in [-0.05, 0) is 32.4 Å². The molecule has 2 amide bonds. The predicted octanol–water partition coefficient (Wildman–Crippen LogP) is 1.50. The molecule has 142 valence electrons. The molecule has 26 heavy (non-hydrogen) atoms. The standard InChI is InChI=1S/C18H23F2N3O3/c1-4-14-16(17(24)26-5-2)15(23-18(25)22-14)9-21-10(3)12-7-6-11(19)8-13(12)20/h6-8,10,14,21H,4-5,9H2,1-3H3,(H2,22,23,25)/p+1/t10-,14-/m1/s1. The first-order chi connectivity index (χ1) is 12.4. The maximum atomic E-state index is 13.9. The second kappa shape index (κ2) is 8.75. The Labute approximate surface area is 151 Å². The Hall–Kier alpha value is -2.48. The fraction of sp³-hybridized carbons (Fsp3) is 0.444. The summed E-state index contributed by atoms with van der Waals surface area (Å²) < 4.78 is 32.1. The van der Waals surface area contributed by atoms with Gasteiger partial charge in [0.15, 0.2) is 0 Å². The van der Waals surface area contributed by atoms with E-state index in [1.54, 1.807) is 19.2 Å². The van der Waals surface area contributed by atoms with Crippen LogP contribution in [0.1, 0.15) is 38.8 Å². The van der Waals surface area contributed by atoms with Gasteiger partial charge in [-0.3, -0.25) is 0 Å². The minimum absolute atomic E-state index is 0.223. The van der Waals surface area contributed by atoms with E-state index in [0.29, 0.717) is 23.3 Å². The van der Waals surface area contributed by atoms with E-state index >= 15 is 0 Å². The van der Waals surface area contributed by atoms with Crippen LogP contribution in [0.25, 0.3) is 0 Å². The lowest BCUT2D eigenvalue weighted by atomic mass is 9.99. The first-order valence-corrected chi connectivity index (χ1v) is 8.63. The van der Waals surface area contributed by atoms with Gasteiger partial charge in [0.25, 0.3) is 0 Å². The maximum absolute atomic E-state index is 13.9. The summed E-state index contributed by atoms with van der Waals surface area (Å²) in [5, 5.41) is 7.11. The summed E-state index contributed by atoms with van der Waals surface area (Å²) in [6, 6.07) is 2.26. The molecule has 0 unspecified atom stereocenters. The van der Waals surface area contributed by atoms with Crippen molar-refractivity contribution >= 4 is 12.0 Å². The van der Waals surface area contributed by atoms with Crippen LogP contribution in [-0.2, 0) is 9.53 Å². The molecular weight excluding hydrogens is 344 g/mol. The van der Waals surface area contributed by atoms with E-state index in [2.05, 4.69) is 10.6 Å². The average Bonchev–Trinajstić information content (AvgIpc) is 2.59. The quantitative estimate of drug-likeness (QED) is 0.638. The molecule has 8 heteroatoms. The van der Waals surface area contributed by atoms with E-state index in [9.17, 15) is 18.4 Å². The van der Waals surface area contributed by atoms with Gasteiger partial charge in [-0.25, -0.2) is 18.4 Å². The number of benzene rings is 1. The Kier molecular flexibility index (Phi) is 6.68. The topological polar surface area (TPSA) is 84.0 Å². The molecule has 0 saturated carbocycles. The molecule has 0 bridgehead atoms. The zero-order chi connectivity index (χ0) is 19.3. The highest BCUT2D eigenvalue weighted by atomic mass is 19.1. The van der Waals surface area contributed by atoms with Gasteiger partial charge in [-0.15, -0.1) is 0 Å². The fourth-order valence-corrected chi connectivity index (χ4v) is 2.92. The normalized spacial score (nSPS) is 18.2. The molecular formula is C18H24F2N3O3+. The van der Waals surface area contributed by atoms with Gasteiger partial charge >= 0.3 is 12.0 Å². The third-order valence-corrected chi connectivity index (χ3v) is 4.28. The Morgan fingerprint density at radius 3 is 2.69 bits per heavy atom. The number of urea groups is 1. The number of ether oxygens (including phenoxy) is 1. The van der Waals surface area contributed by atoms with Crippen LogP contribution in [0, 0.1) is 11.6 Å². The third-order valence-electron chi connectivity index (χ3n) is 4.28. The highest BCUT2D eigenvalue weighted by Crippen LogP contribution is 2.17. The number of hydrogen-bond donors (Lipinski definition) is 3. The SMILES string of the molecule is CCOC(=O)C1=C(C[NH2+][C@H](C)c2ccc(F)cc2F)NC(=O)N[C@@H]1CC. The molecule has 0 aromatic heterocycles. The molecule has 0 radical (unpaired) electrons. The molecule has 1 aromatic carbocycles. The fourth-order valence-electron chi connectivity index (χ4n) is 2.92. The van der Waals surface area contributed by atoms with Gasteiger partial charge in [-0.2, -0.15) is 0 Å². The molecule has 0 fully saturated rings. The van der Waals surface area contributed by atoms with E-state index < -0.39 is 29.7 Å². The van der Waals surface area contributed by atoms with Crippen LogP contribution in [-0.4, -0.2) is 31.2 Å². The van der Waals surface area contributed by atoms with Gasteiger partial charge in [0, 0.05) is 11.6 Å². The van der Waals surface area contributed by atoms with E-state index in [-0.39, 0.29) is 19.2 Å². The summed E-state index contributed by atoms with van der Waals surface area (Å²) in [4.78, 5) is 24.2. The highest BCUT2D eigenvalue weighted by molar-refractivity contribution is 5.94. The summed E-state index contributed by atoms with van der Waals surface area (Å²) in [5.74, 6) is -1.76. The number of carbonyl (C=O) groups excluding carboxylic acids is 2. The smallest absolute Gasteiger partial charge is 0.338 e. The first kappa shape index (κ1) is 19.8. The number of nitrogens with two attached hydrogens (primary N) is 1. The number of halogens is 2. The van der Waals surface area contributed by atoms with Crippen LogP contribution in [0.15, 0.2) is 29.5 Å². The Balaban J connectivity index is 2.21. The number of nitrogens with one attached hydrogen (secondary N) is 2. The van der Waals surface area contributed by atoms with Crippen LogP contribution < -0.4 is 16.0 Å². The zero-order valence-electron chi connectivity index (χ0n) is 15.1. The predicted molar refractivity (Wildman–Crippen MR) is 91.0 cm³/mol. The Bertz CT molecular complexity index is 722. The lowest BCUT2D eigenvalue weighted by Crippen LogP contribution is -2.86. The van der Waals surface area contributed by atoms with Gasteiger partial charge in [0.2, 0.25) is 0 Å².